The number of benzene rings is 1. The average molecular weight is 232 g/mol. The van der Waals surface area contributed by atoms with Gasteiger partial charge in [-0.25, -0.2) is 0 Å². The van der Waals surface area contributed by atoms with E-state index in [2.05, 4.69) is 4.98 Å². The molecule has 1 N–H and O–H groups in total. The molecule has 1 heterocycles. The van der Waals surface area contributed by atoms with Crippen LogP contribution in [-0.2, 0) is 0 Å². The molecule has 2 aromatic rings. The second-order valence-electron chi connectivity index (χ2n) is 3.37. The van der Waals surface area contributed by atoms with Crippen LogP contribution in [0.2, 0.25) is 5.02 Å². The molecule has 0 fully saturated rings. The molecule has 0 radical (unpaired) electrons. The maximum Gasteiger partial charge on any atom is 0.248 e. The second-order valence-corrected chi connectivity index (χ2v) is 3.81. The summed E-state index contributed by atoms with van der Waals surface area (Å²) in [4.78, 5) is 13.6. The lowest BCUT2D eigenvalue weighted by molar-refractivity contribution is 1.23. The summed E-state index contributed by atoms with van der Waals surface area (Å²) >= 11 is 5.78. The molecule has 3 heteroatoms. The Hall–Kier alpha value is -1.80. The lowest BCUT2D eigenvalue weighted by Crippen LogP contribution is -2.01. The molecule has 1 aromatic carbocycles. The highest BCUT2D eigenvalue weighted by molar-refractivity contribution is 6.30. The minimum atomic E-state index is -0.0988. The van der Waals surface area contributed by atoms with Crippen molar-refractivity contribution in [3.8, 4) is 0 Å². The number of halogens is 1. The van der Waals surface area contributed by atoms with Crippen LogP contribution >= 0.6 is 11.6 Å². The maximum atomic E-state index is 11.0. The normalized spacial score (nSPS) is 10.8. The number of pyridine rings is 1. The number of H-pyrrole nitrogens is 1. The van der Waals surface area contributed by atoms with Gasteiger partial charge in [-0.05, 0) is 29.3 Å². The molecule has 1 aromatic heterocycles. The molecule has 0 saturated carbocycles. The molecule has 2 rings (SSSR count). The molecule has 0 unspecified atom stereocenters. The molecular weight excluding hydrogens is 222 g/mol. The highest BCUT2D eigenvalue weighted by atomic mass is 35.5. The number of hydrogen-bond acceptors (Lipinski definition) is 1. The van der Waals surface area contributed by atoms with Crippen molar-refractivity contribution in [2.45, 2.75) is 0 Å². The molecule has 16 heavy (non-hydrogen) atoms. The van der Waals surface area contributed by atoms with Gasteiger partial charge in [0.2, 0.25) is 5.56 Å². The van der Waals surface area contributed by atoms with Crippen LogP contribution in [0.3, 0.4) is 0 Å². The first-order valence-corrected chi connectivity index (χ1v) is 5.24. The monoisotopic (exact) mass is 231 g/mol. The standard InChI is InChI=1S/C13H10ClNO/c14-12-5-3-10(4-6-12)1-2-11-7-8-15-13(16)9-11/h1-9H,(H,15,16). The third-order valence-electron chi connectivity index (χ3n) is 2.14. The Morgan fingerprint density at radius 2 is 1.69 bits per heavy atom. The smallest absolute Gasteiger partial charge is 0.248 e. The van der Waals surface area contributed by atoms with Crippen LogP contribution in [0, 0.1) is 0 Å². The fourth-order valence-electron chi connectivity index (χ4n) is 1.33. The summed E-state index contributed by atoms with van der Waals surface area (Å²) in [6, 6.07) is 10.9. The third kappa shape index (κ3) is 2.84. The van der Waals surface area contributed by atoms with Gasteiger partial charge in [-0.3, -0.25) is 4.79 Å². The van der Waals surface area contributed by atoms with E-state index < -0.39 is 0 Å². The maximum absolute atomic E-state index is 11.0. The zero-order valence-corrected chi connectivity index (χ0v) is 9.24. The predicted octanol–water partition coefficient (Wildman–Crippen LogP) is 3.20. The Kier molecular flexibility index (Phi) is 3.22. The Labute approximate surface area is 98.2 Å². The summed E-state index contributed by atoms with van der Waals surface area (Å²) in [5.74, 6) is 0. The van der Waals surface area contributed by atoms with Crippen molar-refractivity contribution in [1.29, 1.82) is 0 Å². The zero-order chi connectivity index (χ0) is 11.4. The zero-order valence-electron chi connectivity index (χ0n) is 8.48. The number of hydrogen-bond donors (Lipinski definition) is 1. The van der Waals surface area contributed by atoms with Gasteiger partial charge in [0, 0.05) is 17.3 Å². The van der Waals surface area contributed by atoms with Crippen molar-refractivity contribution in [1.82, 2.24) is 4.98 Å². The molecule has 80 valence electrons. The summed E-state index contributed by atoms with van der Waals surface area (Å²) in [5.41, 5.74) is 1.82. The van der Waals surface area contributed by atoms with Gasteiger partial charge < -0.3 is 4.98 Å². The summed E-state index contributed by atoms with van der Waals surface area (Å²) in [6.45, 7) is 0. The van der Waals surface area contributed by atoms with E-state index in [0.29, 0.717) is 5.02 Å². The quantitative estimate of drug-likeness (QED) is 0.846. The van der Waals surface area contributed by atoms with E-state index in [9.17, 15) is 4.79 Å². The van der Waals surface area contributed by atoms with Crippen LogP contribution in [-0.4, -0.2) is 4.98 Å². The van der Waals surface area contributed by atoms with Gasteiger partial charge in [0.25, 0.3) is 0 Å². The first-order valence-electron chi connectivity index (χ1n) is 4.86. The molecule has 0 amide bonds. The van der Waals surface area contributed by atoms with Crippen molar-refractivity contribution < 1.29 is 0 Å². The van der Waals surface area contributed by atoms with Crippen molar-refractivity contribution in [3.05, 3.63) is 69.1 Å². The average Bonchev–Trinajstić information content (AvgIpc) is 2.28. The summed E-state index contributed by atoms with van der Waals surface area (Å²) in [7, 11) is 0. The van der Waals surface area contributed by atoms with Crippen LogP contribution in [0.15, 0.2) is 47.4 Å². The van der Waals surface area contributed by atoms with Crippen LogP contribution in [0.5, 0.6) is 0 Å². The van der Waals surface area contributed by atoms with E-state index >= 15 is 0 Å². The number of nitrogens with one attached hydrogen (secondary N) is 1. The minimum Gasteiger partial charge on any atom is -0.329 e. The number of rotatable bonds is 2. The molecule has 0 atom stereocenters. The largest absolute Gasteiger partial charge is 0.329 e. The van der Waals surface area contributed by atoms with Crippen LogP contribution in [0.25, 0.3) is 12.2 Å². The molecule has 0 aliphatic carbocycles. The Morgan fingerprint density at radius 1 is 1.00 bits per heavy atom. The molecule has 0 bridgehead atoms. The topological polar surface area (TPSA) is 32.9 Å². The molecular formula is C13H10ClNO. The van der Waals surface area contributed by atoms with Gasteiger partial charge in [-0.1, -0.05) is 35.9 Å². The summed E-state index contributed by atoms with van der Waals surface area (Å²) < 4.78 is 0. The summed E-state index contributed by atoms with van der Waals surface area (Å²) in [6.07, 6.45) is 5.45. The van der Waals surface area contributed by atoms with Crippen LogP contribution < -0.4 is 5.56 Å². The Morgan fingerprint density at radius 3 is 2.38 bits per heavy atom. The number of aromatic amines is 1. The first-order chi connectivity index (χ1) is 7.74. The lowest BCUT2D eigenvalue weighted by atomic mass is 10.1. The molecule has 0 saturated heterocycles. The molecule has 0 aliphatic heterocycles. The van der Waals surface area contributed by atoms with Crippen LogP contribution in [0.1, 0.15) is 11.1 Å². The highest BCUT2D eigenvalue weighted by Crippen LogP contribution is 2.11. The fraction of sp³-hybridized carbons (Fsp3) is 0. The summed E-state index contributed by atoms with van der Waals surface area (Å²) in [5, 5.41) is 0.716. The molecule has 0 aliphatic rings. The van der Waals surface area contributed by atoms with E-state index in [1.165, 1.54) is 0 Å². The van der Waals surface area contributed by atoms with Gasteiger partial charge in [0.15, 0.2) is 0 Å². The minimum absolute atomic E-state index is 0.0988. The number of aromatic nitrogens is 1. The van der Waals surface area contributed by atoms with E-state index in [1.807, 2.05) is 42.5 Å². The van der Waals surface area contributed by atoms with Gasteiger partial charge in [-0.2, -0.15) is 0 Å². The SMILES string of the molecule is O=c1cc(C=Cc2ccc(Cl)cc2)cc[nH]1. The van der Waals surface area contributed by atoms with E-state index in [1.54, 1.807) is 12.3 Å². The van der Waals surface area contributed by atoms with Crippen molar-refractivity contribution >= 4 is 23.8 Å². The van der Waals surface area contributed by atoms with Crippen molar-refractivity contribution in [3.63, 3.8) is 0 Å². The lowest BCUT2D eigenvalue weighted by Gasteiger charge is -1.94. The Bertz CT molecular complexity index is 555. The highest BCUT2D eigenvalue weighted by Gasteiger charge is 1.89. The first kappa shape index (κ1) is 10.7. The van der Waals surface area contributed by atoms with Gasteiger partial charge >= 0.3 is 0 Å². The fourth-order valence-corrected chi connectivity index (χ4v) is 1.46. The Balaban J connectivity index is 2.21. The second kappa shape index (κ2) is 4.81. The molecule has 0 spiro atoms. The van der Waals surface area contributed by atoms with Gasteiger partial charge in [0.1, 0.15) is 0 Å². The van der Waals surface area contributed by atoms with Crippen LogP contribution in [0.4, 0.5) is 0 Å². The van der Waals surface area contributed by atoms with Gasteiger partial charge in [0.05, 0.1) is 0 Å². The van der Waals surface area contributed by atoms with E-state index in [-0.39, 0.29) is 5.56 Å². The van der Waals surface area contributed by atoms with E-state index in [0.717, 1.165) is 11.1 Å². The van der Waals surface area contributed by atoms with Crippen molar-refractivity contribution in [2.75, 3.05) is 0 Å². The van der Waals surface area contributed by atoms with Gasteiger partial charge in [-0.15, -0.1) is 0 Å². The predicted molar refractivity (Wildman–Crippen MR) is 67.4 cm³/mol. The third-order valence-corrected chi connectivity index (χ3v) is 2.39. The molecule has 2 nitrogen and oxygen atoms in total. The van der Waals surface area contributed by atoms with E-state index in [4.69, 9.17) is 11.6 Å². The van der Waals surface area contributed by atoms with Crippen molar-refractivity contribution in [2.24, 2.45) is 0 Å².